The van der Waals surface area contributed by atoms with Crippen molar-refractivity contribution < 1.29 is 17.9 Å². The first-order valence-electron chi connectivity index (χ1n) is 7.57. The molecule has 2 aromatic carbocycles. The van der Waals surface area contributed by atoms with Gasteiger partial charge in [0, 0.05) is 11.6 Å². The molecule has 2 rings (SSSR count). The summed E-state index contributed by atoms with van der Waals surface area (Å²) in [5.41, 5.74) is 0.400. The third-order valence-corrected chi connectivity index (χ3v) is 5.28. The summed E-state index contributed by atoms with van der Waals surface area (Å²) in [6.07, 6.45) is 0.569. The van der Waals surface area contributed by atoms with Crippen LogP contribution in [0.25, 0.3) is 0 Å². The average molecular weight is 349 g/mol. The Morgan fingerprint density at radius 2 is 1.67 bits per heavy atom. The summed E-state index contributed by atoms with van der Waals surface area (Å²) in [6.45, 7) is 3.70. The Hall–Kier alpha value is -2.05. The molecule has 0 amide bonds. The van der Waals surface area contributed by atoms with Crippen molar-refractivity contribution >= 4 is 10.0 Å². The molecular formula is C18H23NO4S. The molecule has 0 spiro atoms. The van der Waals surface area contributed by atoms with E-state index in [1.165, 1.54) is 20.3 Å². The Bertz CT molecular complexity index is 786. The first-order valence-corrected chi connectivity index (χ1v) is 9.06. The van der Waals surface area contributed by atoms with E-state index in [1.807, 2.05) is 44.2 Å². The molecule has 0 radical (unpaired) electrons. The second kappa shape index (κ2) is 7.23. The molecule has 0 fully saturated rings. The minimum Gasteiger partial charge on any atom is -0.497 e. The van der Waals surface area contributed by atoms with Crippen LogP contribution in [-0.4, -0.2) is 28.2 Å². The van der Waals surface area contributed by atoms with Gasteiger partial charge in [0.15, 0.2) is 0 Å². The van der Waals surface area contributed by atoms with Crippen molar-refractivity contribution in [3.05, 3.63) is 54.1 Å². The van der Waals surface area contributed by atoms with Gasteiger partial charge in [-0.3, -0.25) is 0 Å². The lowest BCUT2D eigenvalue weighted by molar-refractivity contribution is 0.390. The summed E-state index contributed by atoms with van der Waals surface area (Å²) in [7, 11) is -0.837. The molecular weight excluding hydrogens is 326 g/mol. The van der Waals surface area contributed by atoms with Crippen LogP contribution in [0.4, 0.5) is 0 Å². The van der Waals surface area contributed by atoms with Crippen molar-refractivity contribution in [2.75, 3.05) is 14.2 Å². The highest BCUT2D eigenvalue weighted by atomic mass is 32.2. The lowest BCUT2D eigenvalue weighted by Crippen LogP contribution is -2.45. The second-order valence-electron chi connectivity index (χ2n) is 6.17. The van der Waals surface area contributed by atoms with Crippen LogP contribution in [0, 0.1) is 0 Å². The van der Waals surface area contributed by atoms with Crippen LogP contribution in [0.5, 0.6) is 11.5 Å². The van der Waals surface area contributed by atoms with E-state index in [-0.39, 0.29) is 10.6 Å². The molecule has 6 heteroatoms. The molecule has 0 saturated carbocycles. The zero-order valence-corrected chi connectivity index (χ0v) is 15.2. The van der Waals surface area contributed by atoms with Crippen molar-refractivity contribution in [1.82, 2.24) is 4.72 Å². The molecule has 1 N–H and O–H groups in total. The van der Waals surface area contributed by atoms with Crippen LogP contribution in [-0.2, 0) is 16.4 Å². The van der Waals surface area contributed by atoms with Crippen molar-refractivity contribution in [2.45, 2.75) is 30.7 Å². The van der Waals surface area contributed by atoms with Crippen molar-refractivity contribution in [1.29, 1.82) is 0 Å². The van der Waals surface area contributed by atoms with Gasteiger partial charge < -0.3 is 9.47 Å². The molecule has 0 aliphatic carbocycles. The van der Waals surface area contributed by atoms with Gasteiger partial charge in [0.2, 0.25) is 10.0 Å². The molecule has 0 heterocycles. The minimum atomic E-state index is -3.77. The first kappa shape index (κ1) is 18.3. The normalized spacial score (nSPS) is 12.0. The molecule has 0 saturated heterocycles. The number of nitrogens with one attached hydrogen (secondary N) is 1. The topological polar surface area (TPSA) is 64.6 Å². The Balaban J connectivity index is 2.30. The highest BCUT2D eigenvalue weighted by Crippen LogP contribution is 2.29. The predicted octanol–water partition coefficient (Wildman–Crippen LogP) is 3.00. The maximum absolute atomic E-state index is 12.8. The second-order valence-corrected chi connectivity index (χ2v) is 7.82. The molecule has 5 nitrogen and oxygen atoms in total. The molecule has 0 aliphatic heterocycles. The summed E-state index contributed by atoms with van der Waals surface area (Å²) >= 11 is 0. The van der Waals surface area contributed by atoms with Crippen molar-refractivity contribution in [3.63, 3.8) is 0 Å². The van der Waals surface area contributed by atoms with Crippen LogP contribution in [0.1, 0.15) is 19.4 Å². The van der Waals surface area contributed by atoms with Gasteiger partial charge in [-0.2, -0.15) is 0 Å². The minimum absolute atomic E-state index is 0.0606. The van der Waals surface area contributed by atoms with Crippen LogP contribution < -0.4 is 14.2 Å². The van der Waals surface area contributed by atoms with Gasteiger partial charge in [-0.15, -0.1) is 0 Å². The Labute approximate surface area is 143 Å². The summed E-state index contributed by atoms with van der Waals surface area (Å²) in [5, 5.41) is 0. The van der Waals surface area contributed by atoms with E-state index >= 15 is 0 Å². The average Bonchev–Trinajstić information content (AvgIpc) is 2.53. The fraction of sp³-hybridized carbons (Fsp3) is 0.333. The number of hydrogen-bond acceptors (Lipinski definition) is 4. The third-order valence-electron chi connectivity index (χ3n) is 3.56. The third kappa shape index (κ3) is 4.49. The zero-order valence-electron chi connectivity index (χ0n) is 14.4. The van der Waals surface area contributed by atoms with Crippen LogP contribution >= 0.6 is 0 Å². The van der Waals surface area contributed by atoms with Crippen molar-refractivity contribution in [3.8, 4) is 11.5 Å². The maximum Gasteiger partial charge on any atom is 0.244 e. The fourth-order valence-electron chi connectivity index (χ4n) is 2.55. The Morgan fingerprint density at radius 3 is 2.25 bits per heavy atom. The number of rotatable bonds is 7. The number of sulfonamides is 1. The van der Waals surface area contributed by atoms with E-state index in [2.05, 4.69) is 4.72 Å². The number of ether oxygens (including phenoxy) is 2. The van der Waals surface area contributed by atoms with Gasteiger partial charge in [0.05, 0.1) is 14.2 Å². The number of methoxy groups -OCH3 is 2. The first-order chi connectivity index (χ1) is 11.3. The highest BCUT2D eigenvalue weighted by molar-refractivity contribution is 7.89. The summed E-state index contributed by atoms with van der Waals surface area (Å²) < 4.78 is 38.8. The van der Waals surface area contributed by atoms with Gasteiger partial charge in [0.1, 0.15) is 16.4 Å². The van der Waals surface area contributed by atoms with Gasteiger partial charge in [-0.25, -0.2) is 13.1 Å². The summed E-state index contributed by atoms with van der Waals surface area (Å²) in [5.74, 6) is 0.732. The van der Waals surface area contributed by atoms with E-state index in [1.54, 1.807) is 12.1 Å². The van der Waals surface area contributed by atoms with Gasteiger partial charge in [-0.05, 0) is 38.0 Å². The highest BCUT2D eigenvalue weighted by Gasteiger charge is 2.29. The molecule has 0 unspecified atom stereocenters. The lowest BCUT2D eigenvalue weighted by Gasteiger charge is -2.26. The van der Waals surface area contributed by atoms with Crippen LogP contribution in [0.3, 0.4) is 0 Å². The zero-order chi connectivity index (χ0) is 17.8. The van der Waals surface area contributed by atoms with Gasteiger partial charge in [-0.1, -0.05) is 30.3 Å². The molecule has 2 aromatic rings. The molecule has 0 aliphatic rings. The van der Waals surface area contributed by atoms with E-state index in [0.29, 0.717) is 12.2 Å². The van der Waals surface area contributed by atoms with E-state index in [9.17, 15) is 8.42 Å². The van der Waals surface area contributed by atoms with Gasteiger partial charge >= 0.3 is 0 Å². The standard InChI is InChI=1S/C18H23NO4S/c1-18(2,13-14-8-6-5-7-9-14)19-24(20,21)17-12-15(22-3)10-11-16(17)23-4/h5-12,19H,13H2,1-4H3. The maximum atomic E-state index is 12.8. The van der Waals surface area contributed by atoms with Crippen molar-refractivity contribution in [2.24, 2.45) is 0 Å². The predicted molar refractivity (Wildman–Crippen MR) is 94.1 cm³/mol. The lowest BCUT2D eigenvalue weighted by atomic mass is 9.96. The van der Waals surface area contributed by atoms with E-state index in [4.69, 9.17) is 9.47 Å². The summed E-state index contributed by atoms with van der Waals surface area (Å²) in [4.78, 5) is 0.0606. The Morgan fingerprint density at radius 1 is 1.00 bits per heavy atom. The SMILES string of the molecule is COc1ccc(OC)c(S(=O)(=O)NC(C)(C)Cc2ccccc2)c1. The monoisotopic (exact) mass is 349 g/mol. The van der Waals surface area contributed by atoms with E-state index in [0.717, 1.165) is 5.56 Å². The van der Waals surface area contributed by atoms with Crippen LogP contribution in [0.2, 0.25) is 0 Å². The molecule has 24 heavy (non-hydrogen) atoms. The Kier molecular flexibility index (Phi) is 5.51. The number of benzene rings is 2. The molecule has 0 atom stereocenters. The summed E-state index contributed by atoms with van der Waals surface area (Å²) in [6, 6.07) is 14.5. The molecule has 0 bridgehead atoms. The van der Waals surface area contributed by atoms with Crippen LogP contribution in [0.15, 0.2) is 53.4 Å². The smallest absolute Gasteiger partial charge is 0.244 e. The van der Waals surface area contributed by atoms with Gasteiger partial charge in [0.25, 0.3) is 0 Å². The molecule has 130 valence electrons. The molecule has 0 aromatic heterocycles. The quantitative estimate of drug-likeness (QED) is 0.834. The number of hydrogen-bond donors (Lipinski definition) is 1. The van der Waals surface area contributed by atoms with E-state index < -0.39 is 15.6 Å². The fourth-order valence-corrected chi connectivity index (χ4v) is 4.15. The largest absolute Gasteiger partial charge is 0.497 e.